The third-order valence-electron chi connectivity index (χ3n) is 5.05. The lowest BCUT2D eigenvalue weighted by atomic mass is 9.91. The average Bonchev–Trinajstić information content (AvgIpc) is 3.04. The maximum atomic E-state index is 12.7. The van der Waals surface area contributed by atoms with Crippen LogP contribution in [0.3, 0.4) is 0 Å². The summed E-state index contributed by atoms with van der Waals surface area (Å²) in [7, 11) is 3.43. The van der Waals surface area contributed by atoms with Gasteiger partial charge < -0.3 is 19.9 Å². The van der Waals surface area contributed by atoms with Crippen LogP contribution in [-0.2, 0) is 11.2 Å². The number of nitrogens with one attached hydrogen (secondary N) is 1. The van der Waals surface area contributed by atoms with Crippen LogP contribution in [-0.4, -0.2) is 66.6 Å². The molecule has 27 heavy (non-hydrogen) atoms. The minimum Gasteiger partial charge on any atom is -0.482 e. The number of nitrogens with zero attached hydrogens (tertiary/aromatic N) is 3. The van der Waals surface area contributed by atoms with Gasteiger partial charge in [0.1, 0.15) is 5.75 Å². The van der Waals surface area contributed by atoms with Crippen LogP contribution in [0.15, 0.2) is 12.1 Å². The topological polar surface area (TPSA) is 74.8 Å². The van der Waals surface area contributed by atoms with E-state index in [0.717, 1.165) is 17.8 Å². The van der Waals surface area contributed by atoms with Crippen LogP contribution >= 0.6 is 0 Å². The zero-order valence-corrected chi connectivity index (χ0v) is 17.3. The number of pyridine rings is 1. The number of aromatic nitrogens is 1. The number of carbonyl (C=O) groups is 2. The fraction of sp³-hybridized carbons (Fsp3) is 0.650. The minimum atomic E-state index is -0.130. The van der Waals surface area contributed by atoms with Gasteiger partial charge in [-0.2, -0.15) is 0 Å². The van der Waals surface area contributed by atoms with E-state index in [-0.39, 0.29) is 30.5 Å². The molecule has 0 aromatic carbocycles. The SMILES string of the molecule is CCc1nc(C)ccc1OCC(=O)N1C[C@@H](NC(=O)N(C)C)[C@H](C(C)C)C1. The number of likely N-dealkylation sites (tertiary alicyclic amines) is 1. The average molecular weight is 377 g/mol. The van der Waals surface area contributed by atoms with Crippen molar-refractivity contribution < 1.29 is 14.3 Å². The molecule has 1 saturated heterocycles. The van der Waals surface area contributed by atoms with Crippen LogP contribution in [0.2, 0.25) is 0 Å². The second-order valence-electron chi connectivity index (χ2n) is 7.70. The van der Waals surface area contributed by atoms with E-state index in [4.69, 9.17) is 4.74 Å². The van der Waals surface area contributed by atoms with Crippen molar-refractivity contribution in [2.45, 2.75) is 40.2 Å². The molecule has 0 unspecified atom stereocenters. The monoisotopic (exact) mass is 376 g/mol. The van der Waals surface area contributed by atoms with E-state index >= 15 is 0 Å². The molecule has 0 bridgehead atoms. The molecule has 0 aliphatic carbocycles. The third kappa shape index (κ3) is 5.34. The fourth-order valence-corrected chi connectivity index (χ4v) is 3.36. The second kappa shape index (κ2) is 9.06. The van der Waals surface area contributed by atoms with E-state index in [1.807, 2.05) is 26.0 Å². The summed E-state index contributed by atoms with van der Waals surface area (Å²) in [6.07, 6.45) is 0.753. The molecule has 2 rings (SSSR count). The molecule has 0 spiro atoms. The minimum absolute atomic E-state index is 0.0170. The number of carbonyl (C=O) groups excluding carboxylic acids is 2. The fourth-order valence-electron chi connectivity index (χ4n) is 3.36. The van der Waals surface area contributed by atoms with Crippen molar-refractivity contribution >= 4 is 11.9 Å². The Bertz CT molecular complexity index is 675. The Morgan fingerprint density at radius 3 is 2.63 bits per heavy atom. The van der Waals surface area contributed by atoms with Gasteiger partial charge in [0.25, 0.3) is 5.91 Å². The molecule has 2 atom stereocenters. The largest absolute Gasteiger partial charge is 0.482 e. The summed E-state index contributed by atoms with van der Waals surface area (Å²) < 4.78 is 5.76. The van der Waals surface area contributed by atoms with Crippen LogP contribution in [0.5, 0.6) is 5.75 Å². The van der Waals surface area contributed by atoms with Gasteiger partial charge in [0.2, 0.25) is 0 Å². The maximum absolute atomic E-state index is 12.7. The van der Waals surface area contributed by atoms with Gasteiger partial charge >= 0.3 is 6.03 Å². The Labute approximate surface area is 162 Å². The standard InChI is InChI=1S/C20H32N4O3/c1-7-16-18(9-8-14(4)21-16)27-12-19(25)24-10-15(13(2)3)17(11-24)22-20(26)23(5)6/h8-9,13,15,17H,7,10-12H2,1-6H3,(H,22,26)/t15-,17+/m0/s1. The molecule has 1 aromatic heterocycles. The highest BCUT2D eigenvalue weighted by atomic mass is 16.5. The van der Waals surface area contributed by atoms with Gasteiger partial charge in [-0.05, 0) is 31.4 Å². The molecule has 2 heterocycles. The summed E-state index contributed by atoms with van der Waals surface area (Å²) >= 11 is 0. The highest BCUT2D eigenvalue weighted by molar-refractivity contribution is 5.79. The molecule has 1 aliphatic heterocycles. The Hall–Kier alpha value is -2.31. The summed E-state index contributed by atoms with van der Waals surface area (Å²) in [6.45, 7) is 9.32. The molecular weight excluding hydrogens is 344 g/mol. The van der Waals surface area contributed by atoms with Crippen LogP contribution in [0.25, 0.3) is 0 Å². The van der Waals surface area contributed by atoms with Crippen molar-refractivity contribution in [3.63, 3.8) is 0 Å². The molecule has 0 saturated carbocycles. The van der Waals surface area contributed by atoms with Crippen LogP contribution in [0.1, 0.15) is 32.2 Å². The summed E-state index contributed by atoms with van der Waals surface area (Å²) in [5, 5.41) is 3.04. The number of aryl methyl sites for hydroxylation is 2. The first-order valence-electron chi connectivity index (χ1n) is 9.57. The second-order valence-corrected chi connectivity index (χ2v) is 7.70. The molecule has 1 fully saturated rings. The summed E-state index contributed by atoms with van der Waals surface area (Å²) in [5.41, 5.74) is 1.80. The maximum Gasteiger partial charge on any atom is 0.317 e. The number of urea groups is 1. The molecule has 150 valence electrons. The molecule has 7 heteroatoms. The zero-order chi connectivity index (χ0) is 20.1. The lowest BCUT2D eigenvalue weighted by molar-refractivity contribution is -0.132. The number of hydrogen-bond donors (Lipinski definition) is 1. The molecule has 0 radical (unpaired) electrons. The van der Waals surface area contributed by atoms with E-state index < -0.39 is 0 Å². The van der Waals surface area contributed by atoms with Crippen molar-refractivity contribution in [2.24, 2.45) is 11.8 Å². The van der Waals surface area contributed by atoms with Crippen molar-refractivity contribution in [1.82, 2.24) is 20.1 Å². The molecule has 3 amide bonds. The van der Waals surface area contributed by atoms with E-state index in [0.29, 0.717) is 24.8 Å². The number of amides is 3. The Kier molecular flexibility index (Phi) is 7.05. The van der Waals surface area contributed by atoms with Crippen molar-refractivity contribution in [1.29, 1.82) is 0 Å². The Morgan fingerprint density at radius 2 is 2.04 bits per heavy atom. The zero-order valence-electron chi connectivity index (χ0n) is 17.3. The lowest BCUT2D eigenvalue weighted by Crippen LogP contribution is -2.46. The quantitative estimate of drug-likeness (QED) is 0.825. The Morgan fingerprint density at radius 1 is 1.33 bits per heavy atom. The smallest absolute Gasteiger partial charge is 0.317 e. The molecule has 1 aromatic rings. The number of rotatable bonds is 6. The van der Waals surface area contributed by atoms with Crippen molar-refractivity contribution in [3.05, 3.63) is 23.5 Å². The van der Waals surface area contributed by atoms with Gasteiger partial charge in [0.05, 0.1) is 11.7 Å². The predicted molar refractivity (Wildman–Crippen MR) is 105 cm³/mol. The molecule has 1 N–H and O–H groups in total. The predicted octanol–water partition coefficient (Wildman–Crippen LogP) is 2.09. The first kappa shape index (κ1) is 21.0. The highest BCUT2D eigenvalue weighted by Gasteiger charge is 2.38. The first-order chi connectivity index (χ1) is 12.7. The van der Waals surface area contributed by atoms with Gasteiger partial charge in [-0.25, -0.2) is 4.79 Å². The van der Waals surface area contributed by atoms with Crippen molar-refractivity contribution in [3.8, 4) is 5.75 Å². The van der Waals surface area contributed by atoms with Crippen molar-refractivity contribution in [2.75, 3.05) is 33.8 Å². The third-order valence-corrected chi connectivity index (χ3v) is 5.05. The molecule has 7 nitrogen and oxygen atoms in total. The van der Waals surface area contributed by atoms with E-state index in [1.165, 1.54) is 4.90 Å². The summed E-state index contributed by atoms with van der Waals surface area (Å²) in [6, 6.07) is 3.58. The van der Waals surface area contributed by atoms with Gasteiger partial charge in [-0.15, -0.1) is 0 Å². The van der Waals surface area contributed by atoms with Crippen LogP contribution < -0.4 is 10.1 Å². The molecular formula is C20H32N4O3. The summed E-state index contributed by atoms with van der Waals surface area (Å²) in [5.74, 6) is 1.19. The van der Waals surface area contributed by atoms with Gasteiger partial charge in [0, 0.05) is 38.8 Å². The summed E-state index contributed by atoms with van der Waals surface area (Å²) in [4.78, 5) is 32.5. The van der Waals surface area contributed by atoms with E-state index in [1.54, 1.807) is 19.0 Å². The van der Waals surface area contributed by atoms with E-state index in [9.17, 15) is 9.59 Å². The van der Waals surface area contributed by atoms with Gasteiger partial charge in [-0.1, -0.05) is 20.8 Å². The van der Waals surface area contributed by atoms with Crippen LogP contribution in [0, 0.1) is 18.8 Å². The highest BCUT2D eigenvalue weighted by Crippen LogP contribution is 2.25. The van der Waals surface area contributed by atoms with Crippen LogP contribution in [0.4, 0.5) is 4.79 Å². The van der Waals surface area contributed by atoms with E-state index in [2.05, 4.69) is 24.1 Å². The van der Waals surface area contributed by atoms with Gasteiger partial charge in [0.15, 0.2) is 6.61 Å². The van der Waals surface area contributed by atoms with Gasteiger partial charge in [-0.3, -0.25) is 9.78 Å². The lowest BCUT2D eigenvalue weighted by Gasteiger charge is -2.24. The Balaban J connectivity index is 1.99. The molecule has 1 aliphatic rings. The normalized spacial score (nSPS) is 19.3. The number of ether oxygens (including phenoxy) is 1. The first-order valence-corrected chi connectivity index (χ1v) is 9.57. The number of hydrogen-bond acceptors (Lipinski definition) is 4.